The Bertz CT molecular complexity index is 413. The summed E-state index contributed by atoms with van der Waals surface area (Å²) in [5, 5.41) is 14.3. The molecule has 20 heavy (non-hydrogen) atoms. The molecule has 0 radical (unpaired) electrons. The van der Waals surface area contributed by atoms with Crippen LogP contribution in [-0.4, -0.2) is 33.5 Å². The Hall–Kier alpha value is -1.43. The Kier molecular flexibility index (Phi) is 6.64. The highest BCUT2D eigenvalue weighted by molar-refractivity contribution is 5.79. The van der Waals surface area contributed by atoms with Gasteiger partial charge in [-0.15, -0.1) is 5.10 Å². The Morgan fingerprint density at radius 1 is 1.30 bits per heavy atom. The number of aromatic nitrogens is 3. The molecule has 0 saturated heterocycles. The summed E-state index contributed by atoms with van der Waals surface area (Å²) >= 11 is 0. The molecule has 1 heterocycles. The molecule has 1 rings (SSSR count). The van der Waals surface area contributed by atoms with Gasteiger partial charge in [-0.3, -0.25) is 4.79 Å². The Morgan fingerprint density at radius 2 is 2.00 bits per heavy atom. The minimum absolute atomic E-state index is 0.0149. The number of hydrogen-bond acceptors (Lipinski definition) is 4. The summed E-state index contributed by atoms with van der Waals surface area (Å²) < 4.78 is 1.61. The minimum atomic E-state index is -0.331. The topological polar surface area (TPSA) is 71.8 Å². The van der Waals surface area contributed by atoms with E-state index in [2.05, 4.69) is 48.6 Å². The van der Waals surface area contributed by atoms with E-state index in [1.165, 1.54) is 0 Å². The highest BCUT2D eigenvalue weighted by Gasteiger charge is 2.16. The third-order valence-corrected chi connectivity index (χ3v) is 3.05. The minimum Gasteiger partial charge on any atom is -0.354 e. The van der Waals surface area contributed by atoms with Crippen molar-refractivity contribution in [3.05, 3.63) is 11.9 Å². The number of hydrogen-bond donors (Lipinski definition) is 2. The fourth-order valence-electron chi connectivity index (χ4n) is 1.64. The fraction of sp³-hybridized carbons (Fsp3) is 0.786. The van der Waals surface area contributed by atoms with Gasteiger partial charge in [0.25, 0.3) is 0 Å². The molecule has 0 fully saturated rings. The van der Waals surface area contributed by atoms with Crippen molar-refractivity contribution in [3.8, 4) is 0 Å². The van der Waals surface area contributed by atoms with E-state index in [0.29, 0.717) is 25.0 Å². The fourth-order valence-corrected chi connectivity index (χ4v) is 1.64. The van der Waals surface area contributed by atoms with Crippen LogP contribution in [0.3, 0.4) is 0 Å². The molecule has 1 aromatic rings. The molecule has 6 heteroatoms. The van der Waals surface area contributed by atoms with E-state index in [-0.39, 0.29) is 11.9 Å². The lowest BCUT2D eigenvalue weighted by atomic mass is 10.1. The molecule has 0 aliphatic heterocycles. The quantitative estimate of drug-likeness (QED) is 0.757. The number of nitrogens with one attached hydrogen (secondary N) is 2. The summed E-state index contributed by atoms with van der Waals surface area (Å²) in [5.41, 5.74) is 0.848. The SMILES string of the molecule is CC(C)CCNC(=O)C(C)n1cc(CNC(C)C)nn1. The molecule has 1 aromatic heterocycles. The van der Waals surface area contributed by atoms with Gasteiger partial charge in [0, 0.05) is 19.1 Å². The van der Waals surface area contributed by atoms with E-state index in [1.807, 2.05) is 13.1 Å². The lowest BCUT2D eigenvalue weighted by Gasteiger charge is -2.12. The van der Waals surface area contributed by atoms with Crippen molar-refractivity contribution in [1.82, 2.24) is 25.6 Å². The zero-order valence-corrected chi connectivity index (χ0v) is 13.2. The summed E-state index contributed by atoms with van der Waals surface area (Å²) in [5.74, 6) is 0.574. The summed E-state index contributed by atoms with van der Waals surface area (Å²) in [6.45, 7) is 11.6. The summed E-state index contributed by atoms with van der Waals surface area (Å²) in [7, 11) is 0. The Balaban J connectivity index is 2.46. The maximum Gasteiger partial charge on any atom is 0.244 e. The van der Waals surface area contributed by atoms with Gasteiger partial charge in [0.1, 0.15) is 6.04 Å². The summed E-state index contributed by atoms with van der Waals surface area (Å²) in [6.07, 6.45) is 2.81. The molecule has 1 unspecified atom stereocenters. The molecule has 0 aliphatic carbocycles. The maximum atomic E-state index is 12.0. The average molecular weight is 281 g/mol. The molecule has 1 atom stereocenters. The molecule has 0 aliphatic rings. The molecule has 1 amide bonds. The average Bonchev–Trinajstić information content (AvgIpc) is 2.83. The van der Waals surface area contributed by atoms with Crippen molar-refractivity contribution in [2.75, 3.05) is 6.54 Å². The molecular formula is C14H27N5O. The zero-order chi connectivity index (χ0) is 15.1. The van der Waals surface area contributed by atoms with Crippen LogP contribution < -0.4 is 10.6 Å². The van der Waals surface area contributed by atoms with Gasteiger partial charge in [0.15, 0.2) is 0 Å². The van der Waals surface area contributed by atoms with E-state index >= 15 is 0 Å². The first-order chi connectivity index (χ1) is 9.40. The van der Waals surface area contributed by atoms with Crippen molar-refractivity contribution in [1.29, 1.82) is 0 Å². The van der Waals surface area contributed by atoms with Crippen LogP contribution in [0.1, 0.15) is 52.8 Å². The van der Waals surface area contributed by atoms with Gasteiger partial charge in [-0.25, -0.2) is 4.68 Å². The number of carbonyl (C=O) groups excluding carboxylic acids is 1. The van der Waals surface area contributed by atoms with Crippen molar-refractivity contribution in [3.63, 3.8) is 0 Å². The molecule has 6 nitrogen and oxygen atoms in total. The van der Waals surface area contributed by atoms with Gasteiger partial charge in [0.2, 0.25) is 5.91 Å². The van der Waals surface area contributed by atoms with Crippen LogP contribution in [-0.2, 0) is 11.3 Å². The largest absolute Gasteiger partial charge is 0.354 e. The van der Waals surface area contributed by atoms with E-state index in [0.717, 1.165) is 12.1 Å². The first kappa shape index (κ1) is 16.6. The monoisotopic (exact) mass is 281 g/mol. The van der Waals surface area contributed by atoms with Gasteiger partial charge in [0.05, 0.1) is 11.9 Å². The Morgan fingerprint density at radius 3 is 2.60 bits per heavy atom. The molecule has 2 N–H and O–H groups in total. The van der Waals surface area contributed by atoms with E-state index < -0.39 is 0 Å². The second-order valence-corrected chi connectivity index (χ2v) is 5.88. The van der Waals surface area contributed by atoms with Crippen molar-refractivity contribution >= 4 is 5.91 Å². The van der Waals surface area contributed by atoms with Gasteiger partial charge in [-0.1, -0.05) is 32.9 Å². The highest BCUT2D eigenvalue weighted by atomic mass is 16.2. The van der Waals surface area contributed by atoms with Crippen LogP contribution >= 0.6 is 0 Å². The first-order valence-electron chi connectivity index (χ1n) is 7.32. The number of rotatable bonds is 8. The van der Waals surface area contributed by atoms with Crippen LogP contribution in [0, 0.1) is 5.92 Å². The van der Waals surface area contributed by atoms with Crippen molar-refractivity contribution in [2.45, 2.75) is 59.7 Å². The third kappa shape index (κ3) is 5.69. The Labute approximate surface area is 121 Å². The lowest BCUT2D eigenvalue weighted by molar-refractivity contribution is -0.124. The van der Waals surface area contributed by atoms with Gasteiger partial charge in [-0.2, -0.15) is 0 Å². The molecule has 114 valence electrons. The number of amides is 1. The van der Waals surface area contributed by atoms with Gasteiger partial charge < -0.3 is 10.6 Å². The smallest absolute Gasteiger partial charge is 0.244 e. The molecule has 0 bridgehead atoms. The predicted octanol–water partition coefficient (Wildman–Crippen LogP) is 1.50. The lowest BCUT2D eigenvalue weighted by Crippen LogP contribution is -2.32. The third-order valence-electron chi connectivity index (χ3n) is 3.05. The molecule has 0 aromatic carbocycles. The normalized spacial score (nSPS) is 12.9. The standard InChI is InChI=1S/C14H27N5O/c1-10(2)6-7-15-14(20)12(5)19-9-13(17-18-19)8-16-11(3)4/h9-12,16H,6-8H2,1-5H3,(H,15,20). The number of carbonyl (C=O) groups is 1. The van der Waals surface area contributed by atoms with Gasteiger partial charge >= 0.3 is 0 Å². The second kappa shape index (κ2) is 7.99. The van der Waals surface area contributed by atoms with E-state index in [9.17, 15) is 4.79 Å². The highest BCUT2D eigenvalue weighted by Crippen LogP contribution is 2.05. The van der Waals surface area contributed by atoms with Crippen LogP contribution in [0.25, 0.3) is 0 Å². The summed E-state index contributed by atoms with van der Waals surface area (Å²) in [6, 6.07) is 0.0689. The van der Waals surface area contributed by atoms with Crippen LogP contribution in [0.4, 0.5) is 0 Å². The van der Waals surface area contributed by atoms with Crippen molar-refractivity contribution < 1.29 is 4.79 Å². The summed E-state index contributed by atoms with van der Waals surface area (Å²) in [4.78, 5) is 12.0. The van der Waals surface area contributed by atoms with Crippen molar-refractivity contribution in [2.24, 2.45) is 5.92 Å². The van der Waals surface area contributed by atoms with Crippen LogP contribution in [0.15, 0.2) is 6.20 Å². The van der Waals surface area contributed by atoms with E-state index in [1.54, 1.807) is 4.68 Å². The molecular weight excluding hydrogens is 254 g/mol. The zero-order valence-electron chi connectivity index (χ0n) is 13.2. The van der Waals surface area contributed by atoms with Crippen LogP contribution in [0.5, 0.6) is 0 Å². The number of nitrogens with zero attached hydrogens (tertiary/aromatic N) is 3. The molecule has 0 spiro atoms. The second-order valence-electron chi connectivity index (χ2n) is 5.88. The maximum absolute atomic E-state index is 12.0. The van der Waals surface area contributed by atoms with Crippen LogP contribution in [0.2, 0.25) is 0 Å². The van der Waals surface area contributed by atoms with Gasteiger partial charge in [-0.05, 0) is 19.3 Å². The van der Waals surface area contributed by atoms with E-state index in [4.69, 9.17) is 0 Å². The molecule has 0 saturated carbocycles. The first-order valence-corrected chi connectivity index (χ1v) is 7.32. The predicted molar refractivity (Wildman–Crippen MR) is 79.2 cm³/mol.